The van der Waals surface area contributed by atoms with Crippen molar-refractivity contribution in [3.63, 3.8) is 0 Å². The fourth-order valence-electron chi connectivity index (χ4n) is 4.63. The van der Waals surface area contributed by atoms with Crippen LogP contribution in [0.1, 0.15) is 42.5 Å². The monoisotopic (exact) mass is 447 g/mol. The number of pyridine rings is 1. The van der Waals surface area contributed by atoms with Crippen molar-refractivity contribution >= 4 is 23.2 Å². The van der Waals surface area contributed by atoms with Gasteiger partial charge in [0.1, 0.15) is 5.82 Å². The number of halogens is 1. The molecule has 32 heavy (non-hydrogen) atoms. The summed E-state index contributed by atoms with van der Waals surface area (Å²) in [6.07, 6.45) is 8.40. The zero-order valence-corrected chi connectivity index (χ0v) is 18.6. The maximum atomic E-state index is 13.2. The molecule has 4 aromatic rings. The van der Waals surface area contributed by atoms with Crippen LogP contribution in [0.3, 0.4) is 0 Å². The standard InChI is InChI=1S/C25H26ClN5O/c26-22-8-6-19(7-9-22)21(18-29-12-3-4-13-29)17-24(32)30-15-10-20(11-16-30)25-28-27-23-5-1-2-14-31(23)25/h1-9,12-14,20-21H,10-11,15-18H2/t21-/m1/s1. The Hall–Kier alpha value is -3.12. The molecule has 1 aromatic carbocycles. The van der Waals surface area contributed by atoms with Gasteiger partial charge in [0.2, 0.25) is 5.91 Å². The summed E-state index contributed by atoms with van der Waals surface area (Å²) >= 11 is 6.09. The molecule has 7 heteroatoms. The van der Waals surface area contributed by atoms with E-state index in [2.05, 4.69) is 19.2 Å². The molecular weight excluding hydrogens is 422 g/mol. The number of amides is 1. The summed E-state index contributed by atoms with van der Waals surface area (Å²) in [7, 11) is 0. The minimum Gasteiger partial charge on any atom is -0.354 e. The molecule has 0 saturated carbocycles. The van der Waals surface area contributed by atoms with E-state index in [4.69, 9.17) is 11.6 Å². The summed E-state index contributed by atoms with van der Waals surface area (Å²) in [5, 5.41) is 9.42. The summed E-state index contributed by atoms with van der Waals surface area (Å²) in [5.74, 6) is 1.63. The predicted molar refractivity (Wildman–Crippen MR) is 125 cm³/mol. The van der Waals surface area contributed by atoms with Gasteiger partial charge in [0.05, 0.1) is 0 Å². The van der Waals surface area contributed by atoms with Crippen LogP contribution >= 0.6 is 11.6 Å². The number of piperidine rings is 1. The summed E-state index contributed by atoms with van der Waals surface area (Å²) in [6.45, 7) is 2.27. The number of carbonyl (C=O) groups excluding carboxylic acids is 1. The normalized spacial score (nSPS) is 15.8. The number of fused-ring (bicyclic) bond motifs is 1. The fourth-order valence-corrected chi connectivity index (χ4v) is 4.76. The highest BCUT2D eigenvalue weighted by molar-refractivity contribution is 6.30. The number of aromatic nitrogens is 4. The lowest BCUT2D eigenvalue weighted by molar-refractivity contribution is -0.132. The van der Waals surface area contributed by atoms with E-state index in [1.54, 1.807) is 0 Å². The molecule has 6 nitrogen and oxygen atoms in total. The zero-order valence-electron chi connectivity index (χ0n) is 17.8. The molecular formula is C25H26ClN5O. The van der Waals surface area contributed by atoms with Crippen molar-refractivity contribution in [1.82, 2.24) is 24.1 Å². The Morgan fingerprint density at radius 3 is 2.44 bits per heavy atom. The number of carbonyl (C=O) groups is 1. The number of benzene rings is 1. The molecule has 1 amide bonds. The fraction of sp³-hybridized carbons (Fsp3) is 0.320. The molecule has 1 aliphatic rings. The van der Waals surface area contributed by atoms with Gasteiger partial charge in [-0.2, -0.15) is 0 Å². The Morgan fingerprint density at radius 2 is 1.69 bits per heavy atom. The lowest BCUT2D eigenvalue weighted by Crippen LogP contribution is -2.39. The SMILES string of the molecule is O=C(C[C@H](Cn1cccc1)c1ccc(Cl)cc1)N1CCC(c2nnc3ccccn23)CC1. The first-order valence-electron chi connectivity index (χ1n) is 11.1. The maximum absolute atomic E-state index is 13.2. The van der Waals surface area contributed by atoms with Gasteiger partial charge >= 0.3 is 0 Å². The molecule has 0 aliphatic carbocycles. The Kier molecular flexibility index (Phi) is 5.95. The third kappa shape index (κ3) is 4.41. The van der Waals surface area contributed by atoms with Crippen LogP contribution in [0.15, 0.2) is 73.2 Å². The quantitative estimate of drug-likeness (QED) is 0.428. The second-order valence-corrected chi connectivity index (χ2v) is 8.91. The van der Waals surface area contributed by atoms with E-state index < -0.39 is 0 Å². The van der Waals surface area contributed by atoms with E-state index in [-0.39, 0.29) is 11.8 Å². The van der Waals surface area contributed by atoms with Gasteiger partial charge in [0, 0.05) is 61.5 Å². The van der Waals surface area contributed by atoms with E-state index in [1.165, 1.54) is 0 Å². The highest BCUT2D eigenvalue weighted by atomic mass is 35.5. The van der Waals surface area contributed by atoms with Crippen molar-refractivity contribution in [2.45, 2.75) is 37.6 Å². The molecule has 0 N–H and O–H groups in total. The lowest BCUT2D eigenvalue weighted by Gasteiger charge is -2.32. The van der Waals surface area contributed by atoms with Crippen molar-refractivity contribution in [1.29, 1.82) is 0 Å². The molecule has 3 aromatic heterocycles. The Balaban J connectivity index is 1.25. The van der Waals surface area contributed by atoms with Crippen molar-refractivity contribution in [2.75, 3.05) is 13.1 Å². The highest BCUT2D eigenvalue weighted by Crippen LogP contribution is 2.29. The van der Waals surface area contributed by atoms with Crippen molar-refractivity contribution in [2.24, 2.45) is 0 Å². The van der Waals surface area contributed by atoms with E-state index in [1.807, 2.05) is 78.1 Å². The van der Waals surface area contributed by atoms with Crippen molar-refractivity contribution < 1.29 is 4.79 Å². The molecule has 0 unspecified atom stereocenters. The number of rotatable bonds is 6. The van der Waals surface area contributed by atoms with Gasteiger partial charge in [-0.05, 0) is 54.8 Å². The Bertz CT molecular complexity index is 1180. The van der Waals surface area contributed by atoms with Gasteiger partial charge in [0.25, 0.3) is 0 Å². The number of nitrogens with zero attached hydrogens (tertiary/aromatic N) is 5. The van der Waals surface area contributed by atoms with Crippen LogP contribution in [0.2, 0.25) is 5.02 Å². The lowest BCUT2D eigenvalue weighted by atomic mass is 9.92. The first-order valence-corrected chi connectivity index (χ1v) is 11.5. The smallest absolute Gasteiger partial charge is 0.223 e. The largest absolute Gasteiger partial charge is 0.354 e. The highest BCUT2D eigenvalue weighted by Gasteiger charge is 2.28. The van der Waals surface area contributed by atoms with Crippen LogP contribution in [0.4, 0.5) is 0 Å². The van der Waals surface area contributed by atoms with Gasteiger partial charge in [0.15, 0.2) is 5.65 Å². The first kappa shape index (κ1) is 20.8. The molecule has 5 rings (SSSR count). The third-order valence-electron chi connectivity index (χ3n) is 6.41. The van der Waals surface area contributed by atoms with Gasteiger partial charge in [-0.25, -0.2) is 0 Å². The molecule has 1 atom stereocenters. The average molecular weight is 448 g/mol. The molecule has 4 heterocycles. The summed E-state index contributed by atoms with van der Waals surface area (Å²) in [4.78, 5) is 15.3. The van der Waals surface area contributed by atoms with E-state index >= 15 is 0 Å². The average Bonchev–Trinajstić information content (AvgIpc) is 3.49. The van der Waals surface area contributed by atoms with Gasteiger partial charge in [-0.15, -0.1) is 10.2 Å². The van der Waals surface area contributed by atoms with Crippen LogP contribution in [-0.2, 0) is 11.3 Å². The van der Waals surface area contributed by atoms with Crippen LogP contribution < -0.4 is 0 Å². The maximum Gasteiger partial charge on any atom is 0.223 e. The predicted octanol–water partition coefficient (Wildman–Crippen LogP) is 4.76. The molecule has 1 saturated heterocycles. The van der Waals surface area contributed by atoms with E-state index in [0.717, 1.165) is 49.5 Å². The second kappa shape index (κ2) is 9.17. The summed E-state index contributed by atoms with van der Waals surface area (Å²) in [5.41, 5.74) is 2.01. The van der Waals surface area contributed by atoms with Crippen LogP contribution in [0.5, 0.6) is 0 Å². The van der Waals surface area contributed by atoms with Crippen molar-refractivity contribution in [3.8, 4) is 0 Å². The number of hydrogen-bond acceptors (Lipinski definition) is 3. The van der Waals surface area contributed by atoms with Gasteiger partial charge in [-0.3, -0.25) is 9.20 Å². The summed E-state index contributed by atoms with van der Waals surface area (Å²) < 4.78 is 4.20. The minimum atomic E-state index is 0.102. The number of likely N-dealkylation sites (tertiary alicyclic amines) is 1. The third-order valence-corrected chi connectivity index (χ3v) is 6.66. The van der Waals surface area contributed by atoms with E-state index in [0.29, 0.717) is 17.4 Å². The van der Waals surface area contributed by atoms with Gasteiger partial charge < -0.3 is 9.47 Å². The van der Waals surface area contributed by atoms with Gasteiger partial charge in [-0.1, -0.05) is 29.8 Å². The second-order valence-electron chi connectivity index (χ2n) is 8.47. The number of hydrogen-bond donors (Lipinski definition) is 0. The molecule has 164 valence electrons. The first-order chi connectivity index (χ1) is 15.7. The Labute approximate surface area is 192 Å². The van der Waals surface area contributed by atoms with Crippen LogP contribution in [0, 0.1) is 0 Å². The molecule has 1 aliphatic heterocycles. The molecule has 0 spiro atoms. The summed E-state index contributed by atoms with van der Waals surface area (Å²) in [6, 6.07) is 17.8. The molecule has 1 fully saturated rings. The minimum absolute atomic E-state index is 0.102. The van der Waals surface area contributed by atoms with Crippen molar-refractivity contribution in [3.05, 3.63) is 89.6 Å². The van der Waals surface area contributed by atoms with Crippen LogP contribution in [-0.4, -0.2) is 43.1 Å². The topological polar surface area (TPSA) is 55.4 Å². The van der Waals surface area contributed by atoms with Crippen LogP contribution in [0.25, 0.3) is 5.65 Å². The van der Waals surface area contributed by atoms with E-state index in [9.17, 15) is 4.79 Å². The Morgan fingerprint density at radius 1 is 0.969 bits per heavy atom. The molecule has 0 bridgehead atoms. The molecule has 0 radical (unpaired) electrons. The zero-order chi connectivity index (χ0) is 21.9.